The molecule has 1 heterocycles. The lowest BCUT2D eigenvalue weighted by molar-refractivity contribution is -0.221. The number of halogens is 2. The van der Waals surface area contributed by atoms with Crippen LogP contribution >= 0.6 is 23.2 Å². The zero-order valence-corrected chi connectivity index (χ0v) is 21.6. The molecular formula is C24H30Cl2N2O9. The number of piperidine rings is 1. The number of amides is 1. The van der Waals surface area contributed by atoms with Gasteiger partial charge in [0.05, 0.1) is 24.7 Å². The third kappa shape index (κ3) is 4.50. The highest BCUT2D eigenvalue weighted by Gasteiger charge is 2.72. The van der Waals surface area contributed by atoms with Crippen LogP contribution in [0.1, 0.15) is 43.2 Å². The molecule has 1 aromatic rings. The number of hydrogen-bond acceptors (Lipinski definition) is 10. The fraction of sp³-hybridized carbons (Fsp3) is 0.625. The minimum Gasteiger partial charge on any atom is -0.504 e. The van der Waals surface area contributed by atoms with Gasteiger partial charge in [0, 0.05) is 30.3 Å². The predicted octanol–water partition coefficient (Wildman–Crippen LogP) is 2.52. The molecule has 2 aliphatic carbocycles. The van der Waals surface area contributed by atoms with Crippen LogP contribution in [0.5, 0.6) is 11.5 Å². The molecule has 1 amide bonds. The number of hydrogen-bond donors (Lipinski definition) is 3. The summed E-state index contributed by atoms with van der Waals surface area (Å²) >= 11 is 11.3. The van der Waals surface area contributed by atoms with Crippen LogP contribution in [-0.2, 0) is 30.9 Å². The quantitative estimate of drug-likeness (QED) is 0.142. The largest absolute Gasteiger partial charge is 0.513 e. The summed E-state index contributed by atoms with van der Waals surface area (Å²) in [5.74, 6) is 5.45. The van der Waals surface area contributed by atoms with Crippen molar-refractivity contribution in [2.24, 2.45) is 5.90 Å². The molecule has 2 fully saturated rings. The molecule has 2 bridgehead atoms. The van der Waals surface area contributed by atoms with Crippen LogP contribution in [0.2, 0.25) is 0 Å². The Kier molecular flexibility index (Phi) is 8.39. The van der Waals surface area contributed by atoms with Crippen LogP contribution < -0.4 is 10.6 Å². The van der Waals surface area contributed by atoms with E-state index in [2.05, 4.69) is 0 Å². The molecule has 4 N–H and O–H groups in total. The molecule has 1 saturated heterocycles. The Morgan fingerprint density at radius 2 is 1.84 bits per heavy atom. The van der Waals surface area contributed by atoms with Crippen molar-refractivity contribution in [1.29, 1.82) is 0 Å². The van der Waals surface area contributed by atoms with Gasteiger partial charge < -0.3 is 29.3 Å². The van der Waals surface area contributed by atoms with Gasteiger partial charge in [0.2, 0.25) is 0 Å². The molecule has 3 aliphatic rings. The van der Waals surface area contributed by atoms with Crippen molar-refractivity contribution < 1.29 is 43.6 Å². The number of aliphatic hydroxyl groups is 1. The van der Waals surface area contributed by atoms with Gasteiger partial charge in [-0.3, -0.25) is 9.63 Å². The fourth-order valence-corrected chi connectivity index (χ4v) is 6.32. The van der Waals surface area contributed by atoms with Crippen molar-refractivity contribution in [2.75, 3.05) is 31.5 Å². The van der Waals surface area contributed by atoms with Gasteiger partial charge in [0.15, 0.2) is 17.3 Å². The summed E-state index contributed by atoms with van der Waals surface area (Å²) in [5.41, 5.74) is -2.18. The van der Waals surface area contributed by atoms with E-state index in [9.17, 15) is 24.6 Å². The van der Waals surface area contributed by atoms with Gasteiger partial charge in [-0.1, -0.05) is 6.07 Å². The Hall–Kier alpha value is -2.31. The van der Waals surface area contributed by atoms with Gasteiger partial charge in [-0.25, -0.2) is 15.5 Å². The molecular weight excluding hydrogens is 531 g/mol. The third-order valence-corrected chi connectivity index (χ3v) is 8.19. The highest BCUT2D eigenvalue weighted by atomic mass is 35.5. The highest BCUT2D eigenvalue weighted by molar-refractivity contribution is 6.18. The summed E-state index contributed by atoms with van der Waals surface area (Å²) in [6.07, 6.45) is -2.03. The Labute approximate surface area is 223 Å². The molecule has 0 aromatic heterocycles. The number of Topliss-reactive ketones (excluding diaryl/α,β-unsaturated/α-hetero) is 1. The van der Waals surface area contributed by atoms with E-state index in [1.807, 2.05) is 0 Å². The van der Waals surface area contributed by atoms with Crippen molar-refractivity contribution in [3.63, 3.8) is 0 Å². The second-order valence-corrected chi connectivity index (χ2v) is 10.1. The second kappa shape index (κ2) is 11.2. The van der Waals surface area contributed by atoms with Crippen molar-refractivity contribution in [3.8, 4) is 11.5 Å². The number of alkyl halides is 2. The first-order chi connectivity index (χ1) is 17.8. The highest BCUT2D eigenvalue weighted by Crippen LogP contribution is 2.61. The summed E-state index contributed by atoms with van der Waals surface area (Å²) in [6, 6.07) is 2.30. The number of ether oxygens (including phenoxy) is 3. The lowest BCUT2D eigenvalue weighted by atomic mass is 9.48. The van der Waals surface area contributed by atoms with Crippen molar-refractivity contribution >= 4 is 41.2 Å². The fourth-order valence-electron chi connectivity index (χ4n) is 6.10. The van der Waals surface area contributed by atoms with Gasteiger partial charge in [-0.2, -0.15) is 0 Å². The molecule has 4 atom stereocenters. The number of nitrogens with zero attached hydrogens (tertiary/aromatic N) is 1. The number of benzene rings is 1. The molecule has 11 nitrogen and oxygen atoms in total. The molecule has 37 heavy (non-hydrogen) atoms. The van der Waals surface area contributed by atoms with E-state index in [0.717, 1.165) is 0 Å². The zero-order chi connectivity index (χ0) is 26.8. The number of aliphatic hydroxyl groups excluding tert-OH is 1. The smallest absolute Gasteiger partial charge is 0.504 e. The number of likely N-dealkylation sites (tertiary alicyclic amines) is 1. The molecule has 1 saturated carbocycles. The molecule has 4 rings (SSSR count). The number of aromatic hydroxyl groups is 1. The third-order valence-electron chi connectivity index (χ3n) is 7.66. The molecule has 1 aromatic carbocycles. The van der Waals surface area contributed by atoms with E-state index in [-0.39, 0.29) is 56.8 Å². The molecule has 1 unspecified atom stereocenters. The van der Waals surface area contributed by atoms with Crippen LogP contribution in [-0.4, -0.2) is 82.4 Å². The Bertz CT molecular complexity index is 1060. The van der Waals surface area contributed by atoms with Gasteiger partial charge in [-0.15, -0.1) is 23.2 Å². The van der Waals surface area contributed by atoms with Gasteiger partial charge >= 0.3 is 12.2 Å². The van der Waals surface area contributed by atoms with E-state index < -0.39 is 46.9 Å². The lowest BCUT2D eigenvalue weighted by Crippen LogP contribution is -2.79. The van der Waals surface area contributed by atoms with Gasteiger partial charge in [0.1, 0.15) is 11.7 Å². The average Bonchev–Trinajstić information content (AvgIpc) is 2.88. The standard InChI is InChI=1S/C24H30Cl2N2O9/c25-8-1-11-34-21(32)28-10-7-23-18-14(3-4-16(19(18)30)36-22(33)35-12-2-9-26)13-17(28)24(23,37-27)6-5-15(29)20(23)31/h3-4,17,20,30-31H,1-2,5-13,27H2/t17-,20+,23+,24?/m1/s1. The maximum Gasteiger partial charge on any atom is 0.513 e. The summed E-state index contributed by atoms with van der Waals surface area (Å²) in [6.45, 7) is 0.269. The molecule has 0 radical (unpaired) electrons. The predicted molar refractivity (Wildman–Crippen MR) is 131 cm³/mol. The SMILES string of the molecule is NOC12CCC(=O)[C@H](O)[C@@]13CCN(C(=O)OCCCCl)[C@@H]2Cc1ccc(OC(=O)OCCCCl)c(O)c13. The number of ketones is 1. The number of nitrogens with two attached hydrogens (primary N) is 1. The first-order valence-corrected chi connectivity index (χ1v) is 13.2. The zero-order valence-electron chi connectivity index (χ0n) is 20.1. The van der Waals surface area contributed by atoms with Crippen molar-refractivity contribution in [3.05, 3.63) is 23.3 Å². The van der Waals surface area contributed by atoms with Crippen molar-refractivity contribution in [1.82, 2.24) is 4.90 Å². The van der Waals surface area contributed by atoms with E-state index >= 15 is 0 Å². The van der Waals surface area contributed by atoms with Crippen LogP contribution in [0.4, 0.5) is 9.59 Å². The molecule has 0 spiro atoms. The molecule has 1 aliphatic heterocycles. The normalized spacial score (nSPS) is 28.2. The van der Waals surface area contributed by atoms with Crippen LogP contribution in [0.15, 0.2) is 12.1 Å². The van der Waals surface area contributed by atoms with Crippen LogP contribution in [0.3, 0.4) is 0 Å². The Balaban J connectivity index is 1.77. The van der Waals surface area contributed by atoms with Crippen molar-refractivity contribution in [2.45, 2.75) is 61.7 Å². The minimum absolute atomic E-state index is 0.0302. The number of phenolic OH excluding ortho intramolecular Hbond substituents is 1. The average molecular weight is 561 g/mol. The summed E-state index contributed by atoms with van der Waals surface area (Å²) in [5, 5.41) is 22.7. The maximum absolute atomic E-state index is 13.0. The molecule has 13 heteroatoms. The van der Waals surface area contributed by atoms with Crippen LogP contribution in [0, 0.1) is 0 Å². The topological polar surface area (TPSA) is 158 Å². The maximum atomic E-state index is 13.0. The first kappa shape index (κ1) is 27.7. The summed E-state index contributed by atoms with van der Waals surface area (Å²) in [7, 11) is 0. The van der Waals surface area contributed by atoms with E-state index in [1.54, 1.807) is 6.07 Å². The second-order valence-electron chi connectivity index (χ2n) is 9.36. The summed E-state index contributed by atoms with van der Waals surface area (Å²) < 4.78 is 15.6. The Morgan fingerprint density at radius 3 is 2.51 bits per heavy atom. The number of rotatable bonds is 8. The first-order valence-electron chi connectivity index (χ1n) is 12.1. The number of carbonyl (C=O) groups excluding carboxylic acids is 3. The van der Waals surface area contributed by atoms with Gasteiger partial charge in [-0.05, 0) is 43.7 Å². The van der Waals surface area contributed by atoms with Gasteiger partial charge in [0.25, 0.3) is 0 Å². The van der Waals surface area contributed by atoms with Crippen LogP contribution in [0.25, 0.3) is 0 Å². The lowest BCUT2D eigenvalue weighted by Gasteiger charge is -2.64. The summed E-state index contributed by atoms with van der Waals surface area (Å²) in [4.78, 5) is 45.2. The molecule has 204 valence electrons. The van der Waals surface area contributed by atoms with E-state index in [0.29, 0.717) is 30.2 Å². The number of fused-ring (bicyclic) bond motifs is 1. The van der Waals surface area contributed by atoms with E-state index in [4.69, 9.17) is 48.1 Å². The Morgan fingerprint density at radius 1 is 1.14 bits per heavy atom. The minimum atomic E-state index is -1.59. The number of carbonyl (C=O) groups is 3. The van der Waals surface area contributed by atoms with E-state index in [1.165, 1.54) is 11.0 Å². The number of phenols is 1. The monoisotopic (exact) mass is 560 g/mol.